The number of carbonyl (C=O) groups is 2. The quantitative estimate of drug-likeness (QED) is 0.701. The number of carboxylic acid groups (broad SMARTS) is 1. The van der Waals surface area contributed by atoms with Crippen molar-refractivity contribution in [3.8, 4) is 0 Å². The smallest absolute Gasteiger partial charge is 0.317 e. The van der Waals surface area contributed by atoms with E-state index in [-0.39, 0.29) is 6.03 Å². The Morgan fingerprint density at radius 3 is 2.33 bits per heavy atom. The highest BCUT2D eigenvalue weighted by molar-refractivity contribution is 5.77. The summed E-state index contributed by atoms with van der Waals surface area (Å²) in [4.78, 5) is 27.2. The van der Waals surface area contributed by atoms with Crippen LogP contribution in [0.1, 0.15) is 39.0 Å². The Kier molecular flexibility index (Phi) is 6.95. The Labute approximate surface area is 127 Å². The summed E-state index contributed by atoms with van der Waals surface area (Å²) in [7, 11) is 4.07. The fourth-order valence-corrected chi connectivity index (χ4v) is 2.72. The molecule has 1 saturated heterocycles. The van der Waals surface area contributed by atoms with E-state index < -0.39 is 11.4 Å². The lowest BCUT2D eigenvalue weighted by Crippen LogP contribution is -2.49. The first kappa shape index (κ1) is 17.8. The van der Waals surface area contributed by atoms with Crippen molar-refractivity contribution >= 4 is 12.0 Å². The van der Waals surface area contributed by atoms with Crippen molar-refractivity contribution in [2.45, 2.75) is 39.0 Å². The average Bonchev–Trinajstić information content (AvgIpc) is 2.46. The number of likely N-dealkylation sites (tertiary alicyclic amines) is 1. The minimum absolute atomic E-state index is 0.0602. The maximum absolute atomic E-state index is 12.0. The standard InChI is InChI=1S/C15H29N3O3/c1-4-15(13(19)20)7-11-18(12-8-15)14(21)16-9-5-6-10-17(2)3/h4-12H2,1-3H3,(H,16,21)(H,19,20). The molecule has 0 aromatic carbocycles. The molecule has 0 aliphatic carbocycles. The first-order chi connectivity index (χ1) is 9.91. The highest BCUT2D eigenvalue weighted by Gasteiger charge is 2.40. The maximum Gasteiger partial charge on any atom is 0.317 e. The van der Waals surface area contributed by atoms with Gasteiger partial charge in [0.25, 0.3) is 0 Å². The molecule has 0 bridgehead atoms. The minimum Gasteiger partial charge on any atom is -0.481 e. The van der Waals surface area contributed by atoms with E-state index in [2.05, 4.69) is 10.2 Å². The van der Waals surface area contributed by atoms with Gasteiger partial charge >= 0.3 is 12.0 Å². The summed E-state index contributed by atoms with van der Waals surface area (Å²) in [6, 6.07) is -0.0602. The van der Waals surface area contributed by atoms with Crippen molar-refractivity contribution in [2.24, 2.45) is 5.41 Å². The number of carboxylic acids is 1. The van der Waals surface area contributed by atoms with Crippen LogP contribution >= 0.6 is 0 Å². The number of nitrogens with zero attached hydrogens (tertiary/aromatic N) is 2. The van der Waals surface area contributed by atoms with Crippen LogP contribution in [0.25, 0.3) is 0 Å². The normalized spacial score (nSPS) is 17.8. The monoisotopic (exact) mass is 299 g/mol. The van der Waals surface area contributed by atoms with E-state index in [9.17, 15) is 14.7 Å². The number of urea groups is 1. The molecule has 2 amide bonds. The second-order valence-electron chi connectivity index (χ2n) is 6.17. The largest absolute Gasteiger partial charge is 0.481 e. The number of unbranched alkanes of at least 4 members (excludes halogenated alkanes) is 1. The van der Waals surface area contributed by atoms with E-state index in [0.29, 0.717) is 38.9 Å². The molecule has 1 aliphatic heterocycles. The molecule has 1 rings (SSSR count). The molecule has 6 heteroatoms. The molecule has 0 aromatic rings. The van der Waals surface area contributed by atoms with E-state index in [4.69, 9.17) is 0 Å². The van der Waals surface area contributed by atoms with Gasteiger partial charge in [0.05, 0.1) is 5.41 Å². The van der Waals surface area contributed by atoms with E-state index in [0.717, 1.165) is 19.4 Å². The third-order valence-electron chi connectivity index (χ3n) is 4.45. The third-order valence-corrected chi connectivity index (χ3v) is 4.45. The van der Waals surface area contributed by atoms with E-state index >= 15 is 0 Å². The molecule has 0 atom stereocenters. The van der Waals surface area contributed by atoms with Crippen LogP contribution in [-0.2, 0) is 4.79 Å². The number of carbonyl (C=O) groups excluding carboxylic acids is 1. The number of aliphatic carboxylic acids is 1. The molecule has 0 saturated carbocycles. The van der Waals surface area contributed by atoms with Gasteiger partial charge in [-0.15, -0.1) is 0 Å². The molecule has 6 nitrogen and oxygen atoms in total. The summed E-state index contributed by atoms with van der Waals surface area (Å²) >= 11 is 0. The van der Waals surface area contributed by atoms with E-state index in [1.165, 1.54) is 0 Å². The van der Waals surface area contributed by atoms with Crippen LogP contribution < -0.4 is 5.32 Å². The predicted octanol–water partition coefficient (Wildman–Crippen LogP) is 1.61. The Morgan fingerprint density at radius 1 is 1.24 bits per heavy atom. The van der Waals surface area contributed by atoms with Crippen molar-refractivity contribution in [1.82, 2.24) is 15.1 Å². The molecule has 1 heterocycles. The molecule has 0 aromatic heterocycles. The van der Waals surface area contributed by atoms with Crippen molar-refractivity contribution in [3.63, 3.8) is 0 Å². The van der Waals surface area contributed by atoms with Crippen LogP contribution in [-0.4, -0.2) is 67.2 Å². The Bertz CT molecular complexity index is 350. The van der Waals surface area contributed by atoms with Gasteiger partial charge in [-0.2, -0.15) is 0 Å². The summed E-state index contributed by atoms with van der Waals surface area (Å²) in [5, 5.41) is 12.3. The van der Waals surface area contributed by atoms with Gasteiger partial charge in [-0.1, -0.05) is 6.92 Å². The number of rotatable bonds is 7. The van der Waals surface area contributed by atoms with Crippen LogP contribution in [0.5, 0.6) is 0 Å². The number of piperidine rings is 1. The van der Waals surface area contributed by atoms with Gasteiger partial charge in [0.2, 0.25) is 0 Å². The van der Waals surface area contributed by atoms with Gasteiger partial charge in [-0.05, 0) is 52.7 Å². The number of nitrogens with one attached hydrogen (secondary N) is 1. The molecule has 0 spiro atoms. The minimum atomic E-state index is -0.728. The van der Waals surface area contributed by atoms with Crippen molar-refractivity contribution < 1.29 is 14.7 Å². The van der Waals surface area contributed by atoms with Crippen molar-refractivity contribution in [1.29, 1.82) is 0 Å². The zero-order valence-corrected chi connectivity index (χ0v) is 13.5. The molecule has 2 N–H and O–H groups in total. The van der Waals surface area contributed by atoms with Gasteiger partial charge in [-0.25, -0.2) is 4.79 Å². The second kappa shape index (κ2) is 8.22. The van der Waals surface area contributed by atoms with Crippen molar-refractivity contribution in [2.75, 3.05) is 40.3 Å². The zero-order chi connectivity index (χ0) is 15.9. The van der Waals surface area contributed by atoms with Crippen LogP contribution in [0, 0.1) is 5.41 Å². The van der Waals surface area contributed by atoms with Crippen molar-refractivity contribution in [3.05, 3.63) is 0 Å². The summed E-state index contributed by atoms with van der Waals surface area (Å²) in [6.45, 7) is 4.68. The lowest BCUT2D eigenvalue weighted by atomic mass is 9.76. The fraction of sp³-hybridized carbons (Fsp3) is 0.867. The Balaban J connectivity index is 2.27. The molecule has 122 valence electrons. The van der Waals surface area contributed by atoms with Gasteiger partial charge in [0, 0.05) is 19.6 Å². The van der Waals surface area contributed by atoms with Crippen LogP contribution in [0.4, 0.5) is 4.79 Å². The Morgan fingerprint density at radius 2 is 1.86 bits per heavy atom. The zero-order valence-electron chi connectivity index (χ0n) is 13.5. The fourth-order valence-electron chi connectivity index (χ4n) is 2.72. The topological polar surface area (TPSA) is 72.9 Å². The first-order valence-electron chi connectivity index (χ1n) is 7.82. The molecular weight excluding hydrogens is 270 g/mol. The summed E-state index contributed by atoms with van der Waals surface area (Å²) in [5.41, 5.74) is -0.636. The SMILES string of the molecule is CCC1(C(=O)O)CCN(C(=O)NCCCCN(C)C)CC1. The van der Waals surface area contributed by atoms with Gasteiger partial charge in [0.15, 0.2) is 0 Å². The highest BCUT2D eigenvalue weighted by atomic mass is 16.4. The third kappa shape index (κ3) is 5.19. The maximum atomic E-state index is 12.0. The summed E-state index contributed by atoms with van der Waals surface area (Å²) < 4.78 is 0. The van der Waals surface area contributed by atoms with E-state index in [1.807, 2.05) is 21.0 Å². The number of hydrogen-bond donors (Lipinski definition) is 2. The lowest BCUT2D eigenvalue weighted by Gasteiger charge is -2.38. The molecule has 0 radical (unpaired) electrons. The molecule has 1 fully saturated rings. The Hall–Kier alpha value is -1.30. The molecule has 0 unspecified atom stereocenters. The molecule has 1 aliphatic rings. The van der Waals surface area contributed by atoms with E-state index in [1.54, 1.807) is 4.90 Å². The van der Waals surface area contributed by atoms with Gasteiger partial charge in [-0.3, -0.25) is 4.79 Å². The van der Waals surface area contributed by atoms with Crippen LogP contribution in [0.2, 0.25) is 0 Å². The van der Waals surface area contributed by atoms with Crippen LogP contribution in [0.15, 0.2) is 0 Å². The molecular formula is C15H29N3O3. The second-order valence-corrected chi connectivity index (χ2v) is 6.17. The van der Waals surface area contributed by atoms with Gasteiger partial charge < -0.3 is 20.2 Å². The lowest BCUT2D eigenvalue weighted by molar-refractivity contribution is -0.151. The number of amides is 2. The molecule has 21 heavy (non-hydrogen) atoms. The van der Waals surface area contributed by atoms with Gasteiger partial charge in [0.1, 0.15) is 0 Å². The van der Waals surface area contributed by atoms with Crippen LogP contribution in [0.3, 0.4) is 0 Å². The predicted molar refractivity (Wildman–Crippen MR) is 82.4 cm³/mol. The highest BCUT2D eigenvalue weighted by Crippen LogP contribution is 2.35. The summed E-state index contributed by atoms with van der Waals surface area (Å²) in [5.74, 6) is -0.728. The number of hydrogen-bond acceptors (Lipinski definition) is 3. The average molecular weight is 299 g/mol. The summed E-state index contributed by atoms with van der Waals surface area (Å²) in [6.07, 6.45) is 3.75. The first-order valence-corrected chi connectivity index (χ1v) is 7.82.